The number of fused-ring (bicyclic) bond motifs is 1. The zero-order chi connectivity index (χ0) is 15.5. The molecule has 0 amide bonds. The third-order valence-electron chi connectivity index (χ3n) is 5.74. The highest BCUT2D eigenvalue weighted by atomic mass is 32.1. The molecule has 1 aromatic carbocycles. The smallest absolute Gasteiger partial charge is 0.108 e. The van der Waals surface area contributed by atoms with Crippen LogP contribution in [-0.4, -0.2) is 22.0 Å². The van der Waals surface area contributed by atoms with Crippen molar-refractivity contribution >= 4 is 21.6 Å². The summed E-state index contributed by atoms with van der Waals surface area (Å²) in [6.07, 6.45) is 14.2. The van der Waals surface area contributed by atoms with E-state index in [-0.39, 0.29) is 0 Å². The zero-order valence-corrected chi connectivity index (χ0v) is 14.9. The Morgan fingerprint density at radius 2 is 1.48 bits per heavy atom. The number of hydrogen-bond donors (Lipinski definition) is 0. The highest BCUT2D eigenvalue weighted by Crippen LogP contribution is 2.32. The van der Waals surface area contributed by atoms with Gasteiger partial charge >= 0.3 is 0 Å². The maximum atomic E-state index is 4.92. The fraction of sp³-hybridized carbons (Fsp3) is 0.650. The monoisotopic (exact) mass is 328 g/mol. The van der Waals surface area contributed by atoms with Gasteiger partial charge in [-0.25, -0.2) is 4.98 Å². The van der Waals surface area contributed by atoms with Crippen LogP contribution in [0.25, 0.3) is 10.2 Å². The van der Waals surface area contributed by atoms with Gasteiger partial charge in [0.2, 0.25) is 0 Å². The van der Waals surface area contributed by atoms with E-state index in [9.17, 15) is 0 Å². The zero-order valence-electron chi connectivity index (χ0n) is 14.0. The minimum absolute atomic E-state index is 0.805. The normalized spacial score (nSPS) is 21.3. The van der Waals surface area contributed by atoms with Crippen molar-refractivity contribution in [2.75, 3.05) is 0 Å². The number of nitrogens with zero attached hydrogens (tertiary/aromatic N) is 2. The summed E-state index contributed by atoms with van der Waals surface area (Å²) in [7, 11) is 0. The van der Waals surface area contributed by atoms with Crippen LogP contribution in [-0.2, 0) is 6.54 Å². The van der Waals surface area contributed by atoms with Gasteiger partial charge in [0.1, 0.15) is 5.01 Å². The number of aromatic nitrogens is 1. The van der Waals surface area contributed by atoms with Crippen LogP contribution in [0.1, 0.15) is 69.2 Å². The second kappa shape index (κ2) is 7.31. The van der Waals surface area contributed by atoms with E-state index in [0.29, 0.717) is 0 Å². The van der Waals surface area contributed by atoms with Crippen molar-refractivity contribution < 1.29 is 0 Å². The van der Waals surface area contributed by atoms with Crippen LogP contribution in [0.4, 0.5) is 0 Å². The molecule has 0 bridgehead atoms. The van der Waals surface area contributed by atoms with Gasteiger partial charge in [0, 0.05) is 12.1 Å². The number of hydrogen-bond acceptors (Lipinski definition) is 3. The lowest BCUT2D eigenvalue weighted by Crippen LogP contribution is -2.44. The third kappa shape index (κ3) is 3.61. The van der Waals surface area contributed by atoms with Gasteiger partial charge in [0.05, 0.1) is 16.8 Å². The van der Waals surface area contributed by atoms with E-state index in [2.05, 4.69) is 29.2 Å². The molecular weight excluding hydrogens is 300 g/mol. The Kier molecular flexibility index (Phi) is 4.96. The molecule has 2 aliphatic carbocycles. The third-order valence-corrected chi connectivity index (χ3v) is 6.76. The van der Waals surface area contributed by atoms with Crippen molar-refractivity contribution in [3.8, 4) is 0 Å². The molecule has 4 rings (SSSR count). The van der Waals surface area contributed by atoms with Crippen LogP contribution in [0, 0.1) is 0 Å². The molecule has 23 heavy (non-hydrogen) atoms. The van der Waals surface area contributed by atoms with Crippen LogP contribution < -0.4 is 0 Å². The summed E-state index contributed by atoms with van der Waals surface area (Å²) in [5.74, 6) is 0. The SMILES string of the molecule is c1ccc2sc(CN(C3CCCCC3)C3CCCCC3)nc2c1. The molecule has 0 atom stereocenters. The minimum Gasteiger partial charge on any atom is -0.291 e. The fourth-order valence-corrected chi connectivity index (χ4v) is 5.50. The molecule has 0 aliphatic heterocycles. The molecule has 124 valence electrons. The van der Waals surface area contributed by atoms with Crippen LogP contribution >= 0.6 is 11.3 Å². The molecule has 2 aliphatic rings. The summed E-state index contributed by atoms with van der Waals surface area (Å²) < 4.78 is 1.34. The molecule has 2 nitrogen and oxygen atoms in total. The Morgan fingerprint density at radius 1 is 0.870 bits per heavy atom. The van der Waals surface area contributed by atoms with Crippen molar-refractivity contribution in [3.05, 3.63) is 29.3 Å². The molecule has 0 spiro atoms. The highest BCUT2D eigenvalue weighted by molar-refractivity contribution is 7.18. The molecule has 2 saturated carbocycles. The van der Waals surface area contributed by atoms with Crippen molar-refractivity contribution in [2.24, 2.45) is 0 Å². The summed E-state index contributed by atoms with van der Waals surface area (Å²) in [5.41, 5.74) is 1.18. The molecule has 0 unspecified atom stereocenters. The van der Waals surface area contributed by atoms with Crippen molar-refractivity contribution in [2.45, 2.75) is 82.8 Å². The van der Waals surface area contributed by atoms with Crippen molar-refractivity contribution in [3.63, 3.8) is 0 Å². The minimum atomic E-state index is 0.805. The highest BCUT2D eigenvalue weighted by Gasteiger charge is 2.29. The van der Waals surface area contributed by atoms with Gasteiger partial charge in [-0.05, 0) is 37.8 Å². The van der Waals surface area contributed by atoms with Gasteiger partial charge in [-0.3, -0.25) is 4.90 Å². The maximum absolute atomic E-state index is 4.92. The Labute approximate surface area is 143 Å². The molecule has 0 saturated heterocycles. The first-order valence-electron chi connectivity index (χ1n) is 9.50. The van der Waals surface area contributed by atoms with Gasteiger partial charge in [-0.1, -0.05) is 50.7 Å². The lowest BCUT2D eigenvalue weighted by molar-refractivity contribution is 0.0731. The van der Waals surface area contributed by atoms with E-state index >= 15 is 0 Å². The first-order chi connectivity index (χ1) is 11.4. The van der Waals surface area contributed by atoms with Crippen LogP contribution in [0.15, 0.2) is 24.3 Å². The van der Waals surface area contributed by atoms with E-state index in [1.54, 1.807) is 0 Å². The lowest BCUT2D eigenvalue weighted by Gasteiger charge is -2.41. The average molecular weight is 329 g/mol. The topological polar surface area (TPSA) is 16.1 Å². The molecule has 0 radical (unpaired) electrons. The Morgan fingerprint density at radius 3 is 2.09 bits per heavy atom. The first kappa shape index (κ1) is 15.6. The lowest BCUT2D eigenvalue weighted by atomic mass is 9.88. The summed E-state index contributed by atoms with van der Waals surface area (Å²) in [6, 6.07) is 10.2. The van der Waals surface area contributed by atoms with Crippen LogP contribution in [0.3, 0.4) is 0 Å². The summed E-state index contributed by atoms with van der Waals surface area (Å²) >= 11 is 1.90. The number of para-hydroxylation sites is 1. The number of thiazole rings is 1. The Balaban J connectivity index is 1.55. The second-order valence-electron chi connectivity index (χ2n) is 7.33. The predicted molar refractivity (Wildman–Crippen MR) is 98.9 cm³/mol. The van der Waals surface area contributed by atoms with Gasteiger partial charge in [0.25, 0.3) is 0 Å². The number of rotatable bonds is 4. The van der Waals surface area contributed by atoms with Crippen LogP contribution in [0.5, 0.6) is 0 Å². The molecular formula is C20H28N2S. The Hall–Kier alpha value is -0.930. The van der Waals surface area contributed by atoms with Crippen molar-refractivity contribution in [1.82, 2.24) is 9.88 Å². The van der Waals surface area contributed by atoms with E-state index in [0.717, 1.165) is 18.6 Å². The maximum Gasteiger partial charge on any atom is 0.108 e. The van der Waals surface area contributed by atoms with Gasteiger partial charge in [-0.15, -0.1) is 11.3 Å². The molecule has 2 fully saturated rings. The first-order valence-corrected chi connectivity index (χ1v) is 10.3. The van der Waals surface area contributed by atoms with Gasteiger partial charge in [-0.2, -0.15) is 0 Å². The average Bonchev–Trinajstić information content (AvgIpc) is 3.04. The largest absolute Gasteiger partial charge is 0.291 e. The molecule has 2 aromatic rings. The molecule has 3 heteroatoms. The van der Waals surface area contributed by atoms with E-state index in [1.165, 1.54) is 79.4 Å². The molecule has 1 heterocycles. The predicted octanol–water partition coefficient (Wildman–Crippen LogP) is 5.76. The quantitative estimate of drug-likeness (QED) is 0.709. The summed E-state index contributed by atoms with van der Waals surface area (Å²) in [6.45, 7) is 1.08. The molecule has 0 N–H and O–H groups in total. The fourth-order valence-electron chi connectivity index (χ4n) is 4.53. The van der Waals surface area contributed by atoms with E-state index < -0.39 is 0 Å². The Bertz CT molecular complexity index is 572. The summed E-state index contributed by atoms with van der Waals surface area (Å²) in [5, 5.41) is 1.32. The number of benzene rings is 1. The van der Waals surface area contributed by atoms with E-state index in [4.69, 9.17) is 4.98 Å². The molecule has 1 aromatic heterocycles. The van der Waals surface area contributed by atoms with Gasteiger partial charge in [0.15, 0.2) is 0 Å². The van der Waals surface area contributed by atoms with Crippen molar-refractivity contribution in [1.29, 1.82) is 0 Å². The standard InChI is InChI=1S/C20H28N2S/c1-3-9-16(10-4-1)22(17-11-5-2-6-12-17)15-20-21-18-13-7-8-14-19(18)23-20/h7-8,13-14,16-17H,1-6,9-12,15H2. The van der Waals surface area contributed by atoms with Crippen LogP contribution in [0.2, 0.25) is 0 Å². The van der Waals surface area contributed by atoms with Gasteiger partial charge < -0.3 is 0 Å². The van der Waals surface area contributed by atoms with E-state index in [1.807, 2.05) is 11.3 Å². The second-order valence-corrected chi connectivity index (χ2v) is 8.45. The summed E-state index contributed by atoms with van der Waals surface area (Å²) in [4.78, 5) is 7.78.